The molecule has 3 heterocycles. The fraction of sp³-hybridized carbons (Fsp3) is 0.500. The number of hydrogen-bond acceptors (Lipinski definition) is 4. The highest BCUT2D eigenvalue weighted by atomic mass is 32.2. The van der Waals surface area contributed by atoms with Crippen LogP contribution in [0.5, 0.6) is 0 Å². The van der Waals surface area contributed by atoms with Gasteiger partial charge in [0.2, 0.25) is 10.0 Å². The summed E-state index contributed by atoms with van der Waals surface area (Å²) in [5.74, 6) is 0. The summed E-state index contributed by atoms with van der Waals surface area (Å²) in [6.07, 6.45) is 5.71. The van der Waals surface area contributed by atoms with E-state index in [0.717, 1.165) is 30.6 Å². The Labute approximate surface area is 129 Å². The third kappa shape index (κ3) is 2.90. The summed E-state index contributed by atoms with van der Waals surface area (Å²) in [5.41, 5.74) is 0.566. The van der Waals surface area contributed by atoms with E-state index in [1.165, 1.54) is 11.3 Å². The molecule has 1 fully saturated rings. The van der Waals surface area contributed by atoms with Gasteiger partial charge in [0.25, 0.3) is 0 Å². The van der Waals surface area contributed by atoms with Crippen LogP contribution in [0.25, 0.3) is 10.6 Å². The SMILES string of the molecule is Cn1cc(S(=O)(=O)N2CCCCCC2)c(-c2cccs2)n1. The molecule has 0 unspecified atom stereocenters. The van der Waals surface area contributed by atoms with Crippen molar-refractivity contribution in [1.82, 2.24) is 14.1 Å². The van der Waals surface area contributed by atoms with E-state index in [-0.39, 0.29) is 0 Å². The predicted molar refractivity (Wildman–Crippen MR) is 83.7 cm³/mol. The minimum absolute atomic E-state index is 0.328. The van der Waals surface area contributed by atoms with Crippen LogP contribution in [-0.2, 0) is 17.1 Å². The fourth-order valence-corrected chi connectivity index (χ4v) is 5.15. The normalized spacial score (nSPS) is 17.8. The van der Waals surface area contributed by atoms with Crippen molar-refractivity contribution >= 4 is 21.4 Å². The molecule has 5 nitrogen and oxygen atoms in total. The van der Waals surface area contributed by atoms with Crippen LogP contribution in [0, 0.1) is 0 Å². The van der Waals surface area contributed by atoms with E-state index < -0.39 is 10.0 Å². The molecule has 7 heteroatoms. The molecule has 0 aromatic carbocycles. The monoisotopic (exact) mass is 325 g/mol. The Bertz CT molecular complexity index is 697. The van der Waals surface area contributed by atoms with E-state index in [2.05, 4.69) is 5.10 Å². The first-order chi connectivity index (χ1) is 10.1. The molecule has 0 aliphatic carbocycles. The largest absolute Gasteiger partial charge is 0.274 e. The Hall–Kier alpha value is -1.18. The Morgan fingerprint density at radius 3 is 2.52 bits per heavy atom. The van der Waals surface area contributed by atoms with Crippen LogP contribution < -0.4 is 0 Å². The molecule has 114 valence electrons. The van der Waals surface area contributed by atoms with Crippen molar-refractivity contribution in [3.05, 3.63) is 23.7 Å². The Balaban J connectivity index is 2.02. The van der Waals surface area contributed by atoms with Gasteiger partial charge < -0.3 is 0 Å². The third-order valence-electron chi connectivity index (χ3n) is 3.73. The van der Waals surface area contributed by atoms with Gasteiger partial charge in [-0.25, -0.2) is 8.42 Å². The first-order valence-electron chi connectivity index (χ1n) is 7.17. The van der Waals surface area contributed by atoms with Crippen LogP contribution in [0.2, 0.25) is 0 Å². The molecule has 0 N–H and O–H groups in total. The molecule has 2 aromatic rings. The van der Waals surface area contributed by atoms with E-state index in [0.29, 0.717) is 23.7 Å². The molecular formula is C14H19N3O2S2. The summed E-state index contributed by atoms with van der Waals surface area (Å²) in [7, 11) is -1.70. The molecule has 1 aliphatic heterocycles. The maximum absolute atomic E-state index is 12.9. The number of rotatable bonds is 3. The summed E-state index contributed by atoms with van der Waals surface area (Å²) in [6, 6.07) is 3.82. The first kappa shape index (κ1) is 14.7. The Morgan fingerprint density at radius 2 is 1.90 bits per heavy atom. The van der Waals surface area contributed by atoms with Gasteiger partial charge in [0.1, 0.15) is 10.6 Å². The number of aromatic nitrogens is 2. The predicted octanol–water partition coefficient (Wildman–Crippen LogP) is 2.71. The van der Waals surface area contributed by atoms with Gasteiger partial charge in [-0.2, -0.15) is 9.40 Å². The standard InChI is InChI=1S/C14H19N3O2S2/c1-16-11-13(14(15-16)12-7-6-10-20-12)21(18,19)17-8-4-2-3-5-9-17/h6-7,10-11H,2-5,8-9H2,1H3. The first-order valence-corrected chi connectivity index (χ1v) is 9.49. The molecule has 0 radical (unpaired) electrons. The Morgan fingerprint density at radius 1 is 1.19 bits per heavy atom. The van der Waals surface area contributed by atoms with Crippen LogP contribution in [-0.4, -0.2) is 35.6 Å². The van der Waals surface area contributed by atoms with Crippen molar-refractivity contribution in [2.45, 2.75) is 30.6 Å². The number of hydrogen-bond donors (Lipinski definition) is 0. The van der Waals surface area contributed by atoms with Gasteiger partial charge in [-0.3, -0.25) is 4.68 Å². The van der Waals surface area contributed by atoms with Gasteiger partial charge in [-0.05, 0) is 24.3 Å². The number of aryl methyl sites for hydroxylation is 1. The van der Waals surface area contributed by atoms with Gasteiger partial charge in [0.15, 0.2) is 0 Å². The fourth-order valence-electron chi connectivity index (χ4n) is 2.66. The van der Waals surface area contributed by atoms with E-state index in [9.17, 15) is 8.42 Å². The van der Waals surface area contributed by atoms with Crippen molar-refractivity contribution in [2.75, 3.05) is 13.1 Å². The Kier molecular flexibility index (Phi) is 4.14. The van der Waals surface area contributed by atoms with Crippen LogP contribution in [0.3, 0.4) is 0 Å². The highest BCUT2D eigenvalue weighted by Gasteiger charge is 2.30. The summed E-state index contributed by atoms with van der Waals surface area (Å²) in [4.78, 5) is 1.22. The van der Waals surface area contributed by atoms with Crippen molar-refractivity contribution in [3.63, 3.8) is 0 Å². The molecule has 1 aliphatic rings. The minimum atomic E-state index is -3.46. The molecule has 21 heavy (non-hydrogen) atoms. The lowest BCUT2D eigenvalue weighted by Crippen LogP contribution is -2.32. The van der Waals surface area contributed by atoms with E-state index >= 15 is 0 Å². The van der Waals surface area contributed by atoms with Gasteiger partial charge >= 0.3 is 0 Å². The average Bonchev–Trinajstić information content (AvgIpc) is 3.01. The van der Waals surface area contributed by atoms with Gasteiger partial charge in [-0.15, -0.1) is 11.3 Å². The molecule has 0 amide bonds. The van der Waals surface area contributed by atoms with Gasteiger partial charge in [0.05, 0.1) is 4.88 Å². The summed E-state index contributed by atoms with van der Waals surface area (Å²) in [5, 5.41) is 6.30. The van der Waals surface area contributed by atoms with E-state index in [1.807, 2.05) is 17.5 Å². The van der Waals surface area contributed by atoms with Crippen LogP contribution in [0.4, 0.5) is 0 Å². The van der Waals surface area contributed by atoms with Crippen LogP contribution in [0.15, 0.2) is 28.6 Å². The number of nitrogens with zero attached hydrogens (tertiary/aromatic N) is 3. The summed E-state index contributed by atoms with van der Waals surface area (Å²) in [6.45, 7) is 1.22. The second kappa shape index (κ2) is 5.90. The maximum Gasteiger partial charge on any atom is 0.246 e. The number of sulfonamides is 1. The van der Waals surface area contributed by atoms with Crippen molar-refractivity contribution in [2.24, 2.45) is 7.05 Å². The van der Waals surface area contributed by atoms with E-state index in [4.69, 9.17) is 0 Å². The summed E-state index contributed by atoms with van der Waals surface area (Å²) >= 11 is 1.51. The summed E-state index contributed by atoms with van der Waals surface area (Å²) < 4.78 is 29.1. The van der Waals surface area contributed by atoms with Gasteiger partial charge in [-0.1, -0.05) is 18.9 Å². The third-order valence-corrected chi connectivity index (χ3v) is 6.51. The highest BCUT2D eigenvalue weighted by molar-refractivity contribution is 7.89. The maximum atomic E-state index is 12.9. The quantitative estimate of drug-likeness (QED) is 0.872. The molecule has 0 bridgehead atoms. The van der Waals surface area contributed by atoms with Crippen molar-refractivity contribution < 1.29 is 8.42 Å². The molecule has 0 spiro atoms. The highest BCUT2D eigenvalue weighted by Crippen LogP contribution is 2.31. The second-order valence-corrected chi connectivity index (χ2v) is 8.17. The minimum Gasteiger partial charge on any atom is -0.274 e. The molecule has 1 saturated heterocycles. The zero-order valence-electron chi connectivity index (χ0n) is 12.0. The zero-order chi connectivity index (χ0) is 14.9. The molecule has 0 atom stereocenters. The lowest BCUT2D eigenvalue weighted by molar-refractivity contribution is 0.424. The van der Waals surface area contributed by atoms with Crippen molar-refractivity contribution in [1.29, 1.82) is 0 Å². The van der Waals surface area contributed by atoms with Gasteiger partial charge in [0, 0.05) is 26.3 Å². The van der Waals surface area contributed by atoms with E-state index in [1.54, 1.807) is 22.2 Å². The average molecular weight is 325 g/mol. The zero-order valence-corrected chi connectivity index (χ0v) is 13.7. The smallest absolute Gasteiger partial charge is 0.246 e. The van der Waals surface area contributed by atoms with Crippen molar-refractivity contribution in [3.8, 4) is 10.6 Å². The molecule has 2 aromatic heterocycles. The van der Waals surface area contributed by atoms with Crippen LogP contribution >= 0.6 is 11.3 Å². The second-order valence-electron chi connectivity index (χ2n) is 5.31. The lowest BCUT2D eigenvalue weighted by atomic mass is 10.2. The number of thiophene rings is 1. The molecular weight excluding hydrogens is 306 g/mol. The molecule has 0 saturated carbocycles. The topological polar surface area (TPSA) is 55.2 Å². The molecule has 3 rings (SSSR count). The lowest BCUT2D eigenvalue weighted by Gasteiger charge is -2.19. The van der Waals surface area contributed by atoms with Crippen LogP contribution in [0.1, 0.15) is 25.7 Å².